The lowest BCUT2D eigenvalue weighted by atomic mass is 9.93. The van der Waals surface area contributed by atoms with Crippen LogP contribution in [0, 0.1) is 0 Å². The Hall–Kier alpha value is -1.88. The van der Waals surface area contributed by atoms with E-state index in [0.717, 1.165) is 11.1 Å². The molecule has 1 unspecified atom stereocenters. The van der Waals surface area contributed by atoms with E-state index < -0.39 is 5.72 Å². The molecule has 2 aromatic carbocycles. The molecular formula is C17H12Cl2N2O2. The molecule has 1 atom stereocenters. The molecule has 0 radical (unpaired) electrons. The van der Waals surface area contributed by atoms with Gasteiger partial charge in [0.1, 0.15) is 11.5 Å². The Kier molecular flexibility index (Phi) is 3.07. The summed E-state index contributed by atoms with van der Waals surface area (Å²) in [7, 11) is 0. The van der Waals surface area contributed by atoms with Gasteiger partial charge in [0.2, 0.25) is 0 Å². The average Bonchev–Trinajstić information content (AvgIpc) is 2.47. The second kappa shape index (κ2) is 4.81. The van der Waals surface area contributed by atoms with Crippen LogP contribution in [0.4, 0.5) is 0 Å². The second-order valence-electron chi connectivity index (χ2n) is 5.91. The number of aliphatic hydroxyl groups is 1. The largest absolute Gasteiger partial charge is 0.370 e. The van der Waals surface area contributed by atoms with Gasteiger partial charge < -0.3 is 5.11 Å². The summed E-state index contributed by atoms with van der Waals surface area (Å²) < 4.78 is 1.32. The summed E-state index contributed by atoms with van der Waals surface area (Å²) >= 11 is 12.2. The molecule has 0 bridgehead atoms. The molecule has 0 amide bonds. The zero-order valence-electron chi connectivity index (χ0n) is 12.2. The molecule has 0 spiro atoms. The van der Waals surface area contributed by atoms with Crippen molar-refractivity contribution in [2.24, 2.45) is 0 Å². The third kappa shape index (κ3) is 2.10. The van der Waals surface area contributed by atoms with E-state index in [-0.39, 0.29) is 5.56 Å². The maximum atomic E-state index is 12.9. The van der Waals surface area contributed by atoms with E-state index in [4.69, 9.17) is 23.2 Å². The highest BCUT2D eigenvalue weighted by Crippen LogP contribution is 2.36. The Labute approximate surface area is 141 Å². The second-order valence-corrected chi connectivity index (χ2v) is 6.75. The van der Waals surface area contributed by atoms with Gasteiger partial charge in [0.25, 0.3) is 5.56 Å². The molecule has 0 fully saturated rings. The molecule has 3 aromatic rings. The molecule has 4 nitrogen and oxygen atoms in total. The lowest BCUT2D eigenvalue weighted by molar-refractivity contribution is -0.0225. The van der Waals surface area contributed by atoms with Gasteiger partial charge in [0.15, 0.2) is 0 Å². The van der Waals surface area contributed by atoms with E-state index in [2.05, 4.69) is 4.98 Å². The zero-order chi connectivity index (χ0) is 16.4. The summed E-state index contributed by atoms with van der Waals surface area (Å²) in [5, 5.41) is 11.8. The fourth-order valence-electron chi connectivity index (χ4n) is 3.18. The van der Waals surface area contributed by atoms with Crippen molar-refractivity contribution in [1.29, 1.82) is 0 Å². The van der Waals surface area contributed by atoms with E-state index >= 15 is 0 Å². The van der Waals surface area contributed by atoms with Crippen LogP contribution in [0.25, 0.3) is 22.3 Å². The zero-order valence-corrected chi connectivity index (χ0v) is 13.7. The number of rotatable bonds is 0. The van der Waals surface area contributed by atoms with Crippen LogP contribution in [0.15, 0.2) is 41.2 Å². The van der Waals surface area contributed by atoms with Crippen LogP contribution in [-0.2, 0) is 12.1 Å². The first-order chi connectivity index (χ1) is 10.9. The van der Waals surface area contributed by atoms with Crippen molar-refractivity contribution in [3.63, 3.8) is 0 Å². The molecular weight excluding hydrogens is 335 g/mol. The number of halogens is 2. The quantitative estimate of drug-likeness (QED) is 0.676. The first-order valence-corrected chi connectivity index (χ1v) is 7.87. The summed E-state index contributed by atoms with van der Waals surface area (Å²) in [6.07, 6.45) is 0.331. The normalized spacial score (nSPS) is 19.5. The number of aromatic nitrogens is 2. The minimum absolute atomic E-state index is 0.297. The maximum Gasteiger partial charge on any atom is 0.264 e. The standard InChI is InChI=1S/C17H12Cl2N2O2/c1-17(23)8-9-4-2-3-5-11(9)15-20-14-12(16(22)21(15)17)6-10(18)7-13(14)19/h2-7,23H,8H2,1H3. The highest BCUT2D eigenvalue weighted by Gasteiger charge is 2.35. The van der Waals surface area contributed by atoms with E-state index in [1.165, 1.54) is 10.6 Å². The summed E-state index contributed by atoms with van der Waals surface area (Å²) in [4.78, 5) is 17.5. The lowest BCUT2D eigenvalue weighted by Crippen LogP contribution is -2.44. The molecule has 116 valence electrons. The molecule has 0 saturated carbocycles. The summed E-state index contributed by atoms with van der Waals surface area (Å²) in [5.41, 5.74) is 0.433. The van der Waals surface area contributed by atoms with Gasteiger partial charge in [-0.2, -0.15) is 0 Å². The van der Waals surface area contributed by atoms with Crippen molar-refractivity contribution in [3.8, 4) is 11.4 Å². The van der Waals surface area contributed by atoms with Crippen molar-refractivity contribution < 1.29 is 5.11 Å². The Morgan fingerprint density at radius 3 is 2.78 bits per heavy atom. The average molecular weight is 347 g/mol. The van der Waals surface area contributed by atoms with Crippen molar-refractivity contribution in [2.75, 3.05) is 0 Å². The van der Waals surface area contributed by atoms with Crippen LogP contribution in [0.5, 0.6) is 0 Å². The summed E-state index contributed by atoms with van der Waals surface area (Å²) in [6, 6.07) is 10.7. The molecule has 1 aliphatic heterocycles. The summed E-state index contributed by atoms with van der Waals surface area (Å²) in [6.45, 7) is 1.60. The molecule has 1 aromatic heterocycles. The maximum absolute atomic E-state index is 12.9. The predicted octanol–water partition coefficient (Wildman–Crippen LogP) is 3.59. The Bertz CT molecular complexity index is 1030. The SMILES string of the molecule is CC1(O)Cc2ccccc2-c2nc3c(Cl)cc(Cl)cc3c(=O)n21. The number of nitrogens with zero attached hydrogens (tertiary/aromatic N) is 2. The van der Waals surface area contributed by atoms with Gasteiger partial charge in [0.05, 0.1) is 15.9 Å². The van der Waals surface area contributed by atoms with Crippen LogP contribution in [-0.4, -0.2) is 14.7 Å². The highest BCUT2D eigenvalue weighted by molar-refractivity contribution is 6.38. The van der Waals surface area contributed by atoms with Crippen LogP contribution >= 0.6 is 23.2 Å². The van der Waals surface area contributed by atoms with E-state index in [1.807, 2.05) is 24.3 Å². The molecule has 6 heteroatoms. The topological polar surface area (TPSA) is 55.1 Å². The Morgan fingerprint density at radius 1 is 1.26 bits per heavy atom. The first-order valence-electron chi connectivity index (χ1n) is 7.11. The van der Waals surface area contributed by atoms with Crippen molar-refractivity contribution >= 4 is 34.1 Å². The van der Waals surface area contributed by atoms with E-state index in [1.54, 1.807) is 13.0 Å². The molecule has 2 heterocycles. The van der Waals surface area contributed by atoms with Crippen LogP contribution < -0.4 is 5.56 Å². The number of hydrogen-bond donors (Lipinski definition) is 1. The molecule has 1 aliphatic rings. The van der Waals surface area contributed by atoms with Gasteiger partial charge in [0, 0.05) is 17.0 Å². The summed E-state index contributed by atoms with van der Waals surface area (Å²) in [5.74, 6) is 0.415. The third-order valence-electron chi connectivity index (χ3n) is 4.16. The van der Waals surface area contributed by atoms with Gasteiger partial charge in [-0.3, -0.25) is 9.36 Å². The first kappa shape index (κ1) is 14.7. The van der Waals surface area contributed by atoms with Gasteiger partial charge in [-0.05, 0) is 24.6 Å². The van der Waals surface area contributed by atoms with Gasteiger partial charge >= 0.3 is 0 Å². The lowest BCUT2D eigenvalue weighted by Gasteiger charge is -2.34. The molecule has 0 saturated heterocycles. The number of hydrogen-bond acceptors (Lipinski definition) is 3. The monoisotopic (exact) mass is 346 g/mol. The van der Waals surface area contributed by atoms with Gasteiger partial charge in [-0.1, -0.05) is 47.5 Å². The molecule has 4 rings (SSSR count). The van der Waals surface area contributed by atoms with Gasteiger partial charge in [-0.15, -0.1) is 0 Å². The number of benzene rings is 2. The van der Waals surface area contributed by atoms with E-state index in [0.29, 0.717) is 33.2 Å². The minimum atomic E-state index is -1.36. The van der Waals surface area contributed by atoms with Crippen LogP contribution in [0.1, 0.15) is 12.5 Å². The van der Waals surface area contributed by atoms with Crippen LogP contribution in [0.2, 0.25) is 10.0 Å². The van der Waals surface area contributed by atoms with Crippen LogP contribution in [0.3, 0.4) is 0 Å². The third-order valence-corrected chi connectivity index (χ3v) is 4.66. The molecule has 0 aliphatic carbocycles. The fraction of sp³-hybridized carbons (Fsp3) is 0.176. The molecule has 1 N–H and O–H groups in total. The number of fused-ring (bicyclic) bond motifs is 4. The highest BCUT2D eigenvalue weighted by atomic mass is 35.5. The Morgan fingerprint density at radius 2 is 2.00 bits per heavy atom. The van der Waals surface area contributed by atoms with Crippen molar-refractivity contribution in [1.82, 2.24) is 9.55 Å². The minimum Gasteiger partial charge on any atom is -0.370 e. The molecule has 23 heavy (non-hydrogen) atoms. The fourth-order valence-corrected chi connectivity index (χ4v) is 3.71. The van der Waals surface area contributed by atoms with E-state index in [9.17, 15) is 9.90 Å². The Balaban J connectivity index is 2.22. The van der Waals surface area contributed by atoms with Crippen molar-refractivity contribution in [3.05, 3.63) is 62.4 Å². The smallest absolute Gasteiger partial charge is 0.264 e. The van der Waals surface area contributed by atoms with Gasteiger partial charge in [-0.25, -0.2) is 4.98 Å². The van der Waals surface area contributed by atoms with Crippen molar-refractivity contribution in [2.45, 2.75) is 19.1 Å². The predicted molar refractivity (Wildman–Crippen MR) is 91.0 cm³/mol.